The van der Waals surface area contributed by atoms with Gasteiger partial charge in [-0.1, -0.05) is 44.2 Å². The molecule has 2 N–H and O–H groups in total. The number of aromatic nitrogens is 2. The van der Waals surface area contributed by atoms with Crippen molar-refractivity contribution in [2.45, 2.75) is 84.8 Å². The lowest BCUT2D eigenvalue weighted by Crippen LogP contribution is -2.45. The first-order valence-corrected chi connectivity index (χ1v) is 22.9. The van der Waals surface area contributed by atoms with E-state index in [-0.39, 0.29) is 53.1 Å². The Balaban J connectivity index is 0.885. The molecule has 13 heteroatoms. The van der Waals surface area contributed by atoms with Crippen molar-refractivity contribution < 1.29 is 28.0 Å². The van der Waals surface area contributed by atoms with Crippen LogP contribution in [0, 0.1) is 29.4 Å². The minimum atomic E-state index is -0.321. The van der Waals surface area contributed by atoms with Crippen molar-refractivity contribution in [3.05, 3.63) is 123 Å². The molecule has 2 aromatic carbocycles. The minimum absolute atomic E-state index is 0.0139. The third-order valence-electron chi connectivity index (χ3n) is 12.6. The van der Waals surface area contributed by atoms with E-state index in [2.05, 4.69) is 36.6 Å². The molecule has 1 atom stereocenters. The fourth-order valence-electron chi connectivity index (χ4n) is 9.07. The molecule has 2 saturated heterocycles. The molecule has 8 rings (SSSR count). The summed E-state index contributed by atoms with van der Waals surface area (Å²) in [4.78, 5) is 59.2. The lowest BCUT2D eigenvalue weighted by molar-refractivity contribution is -0.127. The number of hydrogen-bond acceptors (Lipinski definition) is 5. The molecule has 5 heterocycles. The van der Waals surface area contributed by atoms with Gasteiger partial charge in [-0.3, -0.25) is 19.2 Å². The molecule has 0 radical (unpaired) electrons. The number of allylic oxidation sites excluding steroid dienone is 1. The SMILES string of the molecule is CC(C)CCNC(=O)C1CCN(C(=O)c2cc3sc(CC(C)NC(=O)C4CCN(C(=O)c5cc6c(n5Cc5ccc(F)cc5)C=CC6)CC4)cc3n2Cc2ccc(F)cc2)CC1. The van der Waals surface area contributed by atoms with Gasteiger partial charge >= 0.3 is 0 Å². The van der Waals surface area contributed by atoms with Gasteiger partial charge < -0.3 is 29.6 Å². The first-order chi connectivity index (χ1) is 29.9. The fraction of sp³-hybridized carbons (Fsp3) is 0.429. The summed E-state index contributed by atoms with van der Waals surface area (Å²) < 4.78 is 32.5. The third kappa shape index (κ3) is 9.72. The number of carbonyl (C=O) groups is 4. The second-order valence-corrected chi connectivity index (χ2v) is 18.9. The molecule has 4 amide bonds. The molecule has 326 valence electrons. The van der Waals surface area contributed by atoms with Crippen molar-refractivity contribution in [3.63, 3.8) is 0 Å². The summed E-state index contributed by atoms with van der Waals surface area (Å²) in [6, 6.07) is 18.6. The molecule has 62 heavy (non-hydrogen) atoms. The predicted molar refractivity (Wildman–Crippen MR) is 239 cm³/mol. The van der Waals surface area contributed by atoms with Crippen LogP contribution in [0.25, 0.3) is 16.3 Å². The number of nitrogens with zero attached hydrogens (tertiary/aromatic N) is 4. The highest BCUT2D eigenvalue weighted by Crippen LogP contribution is 2.33. The standard InChI is InChI=1S/C49H56F2N6O4S/c1-31(2)15-20-52-46(58)35-16-21-55(22-17-35)49(61)44-28-45-42(57(44)30-34-9-13-39(51)14-10-34)27-40(62-45)25-32(3)53-47(59)36-18-23-54(24-19-36)48(60)43-26-37-5-4-6-41(37)56(43)29-33-7-11-38(50)12-8-33/h4,6-14,26-28,31-32,35-36H,5,15-25,29-30H2,1-3H3,(H,52,58)(H,53,59). The molecule has 3 aromatic heterocycles. The Morgan fingerprint density at radius 1 is 0.726 bits per heavy atom. The van der Waals surface area contributed by atoms with E-state index in [1.165, 1.54) is 24.3 Å². The van der Waals surface area contributed by atoms with Crippen LogP contribution in [0.3, 0.4) is 0 Å². The number of piperidine rings is 2. The van der Waals surface area contributed by atoms with E-state index in [1.807, 2.05) is 44.1 Å². The molecule has 2 fully saturated rings. The van der Waals surface area contributed by atoms with Gasteiger partial charge in [0, 0.05) is 80.7 Å². The van der Waals surface area contributed by atoms with Crippen LogP contribution in [0.1, 0.15) is 101 Å². The zero-order chi connectivity index (χ0) is 43.5. The number of nitrogens with one attached hydrogen (secondary N) is 2. The molecule has 0 bridgehead atoms. The number of rotatable bonds is 14. The Bertz CT molecular complexity index is 2450. The maximum atomic E-state index is 14.1. The van der Waals surface area contributed by atoms with Crippen molar-refractivity contribution in [1.82, 2.24) is 29.6 Å². The van der Waals surface area contributed by atoms with Crippen LogP contribution in [0.2, 0.25) is 0 Å². The number of likely N-dealkylation sites (tertiary alicyclic amines) is 2. The zero-order valence-electron chi connectivity index (χ0n) is 35.8. The van der Waals surface area contributed by atoms with E-state index in [4.69, 9.17) is 0 Å². The zero-order valence-corrected chi connectivity index (χ0v) is 36.6. The van der Waals surface area contributed by atoms with Crippen LogP contribution in [-0.2, 0) is 35.5 Å². The molecule has 2 aliphatic heterocycles. The maximum Gasteiger partial charge on any atom is 0.270 e. The van der Waals surface area contributed by atoms with Gasteiger partial charge in [0.1, 0.15) is 23.0 Å². The Morgan fingerprint density at radius 2 is 1.27 bits per heavy atom. The van der Waals surface area contributed by atoms with Crippen molar-refractivity contribution in [2.24, 2.45) is 17.8 Å². The lowest BCUT2D eigenvalue weighted by Gasteiger charge is -2.32. The molecule has 0 saturated carbocycles. The van der Waals surface area contributed by atoms with Gasteiger partial charge in [0.2, 0.25) is 11.8 Å². The normalized spacial score (nSPS) is 16.3. The van der Waals surface area contributed by atoms with Gasteiger partial charge in [-0.05, 0) is 117 Å². The summed E-state index contributed by atoms with van der Waals surface area (Å²) in [7, 11) is 0. The van der Waals surface area contributed by atoms with E-state index >= 15 is 0 Å². The third-order valence-corrected chi connectivity index (χ3v) is 13.7. The Labute approximate surface area is 366 Å². The lowest BCUT2D eigenvalue weighted by atomic mass is 9.95. The maximum absolute atomic E-state index is 14.1. The van der Waals surface area contributed by atoms with Crippen molar-refractivity contribution in [3.8, 4) is 0 Å². The van der Waals surface area contributed by atoms with Crippen LogP contribution in [0.5, 0.6) is 0 Å². The van der Waals surface area contributed by atoms with E-state index in [9.17, 15) is 28.0 Å². The largest absolute Gasteiger partial charge is 0.356 e. The number of carbonyl (C=O) groups excluding carboxylic acids is 4. The van der Waals surface area contributed by atoms with E-state index < -0.39 is 0 Å². The Hall–Kier alpha value is -5.56. The number of benzene rings is 2. The fourth-order valence-corrected chi connectivity index (χ4v) is 10.3. The van der Waals surface area contributed by atoms with E-state index in [0.717, 1.165) is 50.3 Å². The highest BCUT2D eigenvalue weighted by molar-refractivity contribution is 7.19. The van der Waals surface area contributed by atoms with Gasteiger partial charge in [0.25, 0.3) is 11.8 Å². The van der Waals surface area contributed by atoms with Crippen LogP contribution < -0.4 is 10.6 Å². The average Bonchev–Trinajstić information content (AvgIpc) is 4.04. The predicted octanol–water partition coefficient (Wildman–Crippen LogP) is 8.06. The van der Waals surface area contributed by atoms with Gasteiger partial charge in [0.05, 0.1) is 10.2 Å². The monoisotopic (exact) mass is 862 g/mol. The Kier molecular flexibility index (Phi) is 13.1. The van der Waals surface area contributed by atoms with Crippen LogP contribution in [-0.4, -0.2) is 81.3 Å². The van der Waals surface area contributed by atoms with Crippen LogP contribution >= 0.6 is 11.3 Å². The van der Waals surface area contributed by atoms with E-state index in [1.54, 1.807) is 35.6 Å². The average molecular weight is 863 g/mol. The van der Waals surface area contributed by atoms with Gasteiger partial charge in [-0.25, -0.2) is 8.78 Å². The number of fused-ring (bicyclic) bond motifs is 2. The van der Waals surface area contributed by atoms with Gasteiger partial charge in [0.15, 0.2) is 0 Å². The first kappa shape index (κ1) is 43.1. The summed E-state index contributed by atoms with van der Waals surface area (Å²) >= 11 is 1.60. The second-order valence-electron chi connectivity index (χ2n) is 17.7. The summed E-state index contributed by atoms with van der Waals surface area (Å²) in [6.45, 7) is 9.75. The summed E-state index contributed by atoms with van der Waals surface area (Å²) in [6.07, 6.45) is 8.82. The Morgan fingerprint density at radius 3 is 1.85 bits per heavy atom. The molecule has 5 aromatic rings. The van der Waals surface area contributed by atoms with Crippen LogP contribution in [0.15, 0.2) is 72.8 Å². The number of halogens is 2. The quantitative estimate of drug-likeness (QED) is 0.118. The van der Waals surface area contributed by atoms with Crippen molar-refractivity contribution in [1.29, 1.82) is 0 Å². The summed E-state index contributed by atoms with van der Waals surface area (Å²) in [5.41, 5.74) is 5.99. The van der Waals surface area contributed by atoms with Crippen LogP contribution in [0.4, 0.5) is 8.78 Å². The van der Waals surface area contributed by atoms with Gasteiger partial charge in [-0.2, -0.15) is 0 Å². The topological polar surface area (TPSA) is 109 Å². The number of hydrogen-bond donors (Lipinski definition) is 2. The molecule has 10 nitrogen and oxygen atoms in total. The summed E-state index contributed by atoms with van der Waals surface area (Å²) in [5, 5.41) is 6.30. The molecular weight excluding hydrogens is 807 g/mol. The highest BCUT2D eigenvalue weighted by Gasteiger charge is 2.32. The summed E-state index contributed by atoms with van der Waals surface area (Å²) in [5.74, 6) is -0.494. The minimum Gasteiger partial charge on any atom is -0.356 e. The molecule has 3 aliphatic rings. The smallest absolute Gasteiger partial charge is 0.270 e. The molecule has 1 unspecified atom stereocenters. The second kappa shape index (κ2) is 18.8. The van der Waals surface area contributed by atoms with E-state index in [0.29, 0.717) is 95.2 Å². The molecule has 1 aliphatic carbocycles. The number of amides is 4. The molecule has 0 spiro atoms. The molecular formula is C49H56F2N6O4S. The number of thiophene rings is 1. The van der Waals surface area contributed by atoms with Crippen molar-refractivity contribution in [2.75, 3.05) is 32.7 Å². The first-order valence-electron chi connectivity index (χ1n) is 22.1. The van der Waals surface area contributed by atoms with Gasteiger partial charge in [-0.15, -0.1) is 11.3 Å². The highest BCUT2D eigenvalue weighted by atomic mass is 32.1. The van der Waals surface area contributed by atoms with Crippen molar-refractivity contribution >= 4 is 51.3 Å².